The molecule has 0 radical (unpaired) electrons. The Labute approximate surface area is 218 Å². The number of carbonyl (C=O) groups is 1. The van der Waals surface area contributed by atoms with Crippen LogP contribution in [0.25, 0.3) is 10.8 Å². The zero-order chi connectivity index (χ0) is 27.2. The Balaban J connectivity index is 0. The van der Waals surface area contributed by atoms with Crippen molar-refractivity contribution < 1.29 is 24.2 Å². The van der Waals surface area contributed by atoms with Gasteiger partial charge in [-0.25, -0.2) is 0 Å². The maximum atomic E-state index is 12.2. The molecular weight excluding hydrogens is 488 g/mol. The summed E-state index contributed by atoms with van der Waals surface area (Å²) in [6.07, 6.45) is 0. The SMILES string of the molecule is CC.CC.CN(C)C.COc1ccc2cc(C(C)C(=O)OCCSSCCO[N+](=O)[O-])ccc2c1. The molecule has 1 atom stereocenters. The van der Waals surface area contributed by atoms with Gasteiger partial charge in [0.1, 0.15) is 19.0 Å². The first-order valence-electron chi connectivity index (χ1n) is 11.6. The number of ether oxygens (including phenoxy) is 2. The molecule has 0 bridgehead atoms. The summed E-state index contributed by atoms with van der Waals surface area (Å²) in [5.41, 5.74) is 0.900. The van der Waals surface area contributed by atoms with Crippen molar-refractivity contribution in [3.05, 3.63) is 52.1 Å². The molecule has 0 amide bonds. The van der Waals surface area contributed by atoms with E-state index in [1.54, 1.807) is 7.11 Å². The van der Waals surface area contributed by atoms with Gasteiger partial charge < -0.3 is 19.2 Å². The van der Waals surface area contributed by atoms with Gasteiger partial charge >= 0.3 is 5.97 Å². The van der Waals surface area contributed by atoms with Gasteiger partial charge in [0.2, 0.25) is 0 Å². The predicted molar refractivity (Wildman–Crippen MR) is 150 cm³/mol. The molecule has 0 N–H and O–H groups in total. The van der Waals surface area contributed by atoms with E-state index in [1.165, 1.54) is 21.6 Å². The number of fused-ring (bicyclic) bond motifs is 1. The molecule has 2 aromatic rings. The first-order valence-corrected chi connectivity index (χ1v) is 14.1. The molecule has 0 saturated carbocycles. The number of carbonyl (C=O) groups excluding carboxylic acids is 1. The van der Waals surface area contributed by atoms with Crippen LogP contribution < -0.4 is 4.74 Å². The Kier molecular flexibility index (Phi) is 22.3. The minimum Gasteiger partial charge on any atom is -0.497 e. The highest BCUT2D eigenvalue weighted by Gasteiger charge is 2.17. The van der Waals surface area contributed by atoms with Gasteiger partial charge in [-0.3, -0.25) is 4.79 Å². The van der Waals surface area contributed by atoms with Crippen molar-refractivity contribution in [1.82, 2.24) is 4.90 Å². The normalized spacial score (nSPS) is 10.5. The monoisotopic (exact) mass is 530 g/mol. The van der Waals surface area contributed by atoms with Crippen LogP contribution in [-0.4, -0.2) is 68.9 Å². The van der Waals surface area contributed by atoms with Crippen LogP contribution in [0.4, 0.5) is 0 Å². The van der Waals surface area contributed by atoms with E-state index in [2.05, 4.69) is 4.84 Å². The first kappa shape index (κ1) is 35.0. The van der Waals surface area contributed by atoms with Gasteiger partial charge in [0, 0.05) is 11.5 Å². The average Bonchev–Trinajstić information content (AvgIpc) is 2.86. The van der Waals surface area contributed by atoms with Crippen molar-refractivity contribution in [3.8, 4) is 5.75 Å². The minimum absolute atomic E-state index is 0.0509. The number of rotatable bonds is 11. The summed E-state index contributed by atoms with van der Waals surface area (Å²) in [6.45, 7) is 10.2. The minimum atomic E-state index is -0.808. The number of hydrogen-bond acceptors (Lipinski definition) is 9. The smallest absolute Gasteiger partial charge is 0.313 e. The van der Waals surface area contributed by atoms with Crippen LogP contribution in [0.2, 0.25) is 0 Å². The van der Waals surface area contributed by atoms with Crippen LogP contribution in [0.15, 0.2) is 36.4 Å². The summed E-state index contributed by atoms with van der Waals surface area (Å²) >= 11 is 0. The number of hydrogen-bond donors (Lipinski definition) is 0. The topological polar surface area (TPSA) is 91.1 Å². The second-order valence-corrected chi connectivity index (χ2v) is 9.61. The Morgan fingerprint density at radius 2 is 1.49 bits per heavy atom. The average molecular weight is 531 g/mol. The standard InChI is InChI=1S/C18H21NO6S2.C3H9N.2C2H6/c1-13(18(20)24-7-9-26-27-10-8-25-19(21)22)14-3-4-16-12-17(23-2)6-5-15(16)11-14;1-4(2)3;2*1-2/h3-6,11-13H,7-10H2,1-2H3;1-3H3;2*1-2H3. The van der Waals surface area contributed by atoms with E-state index in [1.807, 2.05) is 97.1 Å². The molecule has 0 aliphatic carbocycles. The molecule has 0 aromatic heterocycles. The molecule has 10 heteroatoms. The van der Waals surface area contributed by atoms with E-state index in [-0.39, 0.29) is 18.5 Å². The number of esters is 1. The van der Waals surface area contributed by atoms with E-state index in [9.17, 15) is 14.9 Å². The number of methoxy groups -OCH3 is 1. The number of nitrogens with zero attached hydrogens (tertiary/aromatic N) is 2. The lowest BCUT2D eigenvalue weighted by atomic mass is 9.98. The molecule has 0 aliphatic rings. The molecule has 2 aromatic carbocycles. The summed E-state index contributed by atoms with van der Waals surface area (Å²) in [5.74, 6) is 1.27. The van der Waals surface area contributed by atoms with Gasteiger partial charge in [-0.1, -0.05) is 73.5 Å². The lowest BCUT2D eigenvalue weighted by molar-refractivity contribution is -0.756. The molecule has 0 aliphatic heterocycles. The van der Waals surface area contributed by atoms with E-state index in [4.69, 9.17) is 9.47 Å². The van der Waals surface area contributed by atoms with E-state index >= 15 is 0 Å². The van der Waals surface area contributed by atoms with Gasteiger partial charge in [0.15, 0.2) is 0 Å². The van der Waals surface area contributed by atoms with Crippen LogP contribution in [0, 0.1) is 10.1 Å². The Hall–Kier alpha value is -2.17. The van der Waals surface area contributed by atoms with Crippen molar-refractivity contribution in [2.24, 2.45) is 0 Å². The molecule has 0 spiro atoms. The zero-order valence-corrected chi connectivity index (χ0v) is 24.2. The molecule has 35 heavy (non-hydrogen) atoms. The highest BCUT2D eigenvalue weighted by molar-refractivity contribution is 8.76. The molecule has 1 unspecified atom stereocenters. The Morgan fingerprint density at radius 3 is 2.03 bits per heavy atom. The fourth-order valence-corrected chi connectivity index (χ4v) is 3.98. The summed E-state index contributed by atoms with van der Waals surface area (Å²) in [7, 11) is 10.6. The molecule has 0 heterocycles. The van der Waals surface area contributed by atoms with Crippen LogP contribution in [0.5, 0.6) is 5.75 Å². The van der Waals surface area contributed by atoms with Crippen LogP contribution in [-0.2, 0) is 14.4 Å². The van der Waals surface area contributed by atoms with Crippen LogP contribution in [0.3, 0.4) is 0 Å². The zero-order valence-electron chi connectivity index (χ0n) is 22.5. The molecule has 0 saturated heterocycles. The van der Waals surface area contributed by atoms with Crippen molar-refractivity contribution in [3.63, 3.8) is 0 Å². The van der Waals surface area contributed by atoms with Gasteiger partial charge in [0.25, 0.3) is 5.09 Å². The molecular formula is C25H42N2O6S2. The van der Waals surface area contributed by atoms with E-state index in [0.717, 1.165) is 22.1 Å². The third-order valence-electron chi connectivity index (χ3n) is 3.78. The molecule has 200 valence electrons. The van der Waals surface area contributed by atoms with Gasteiger partial charge in [-0.2, -0.15) is 0 Å². The highest BCUT2D eigenvalue weighted by Crippen LogP contribution is 2.26. The van der Waals surface area contributed by atoms with Gasteiger partial charge in [-0.15, -0.1) is 10.1 Å². The molecule has 8 nitrogen and oxygen atoms in total. The quantitative estimate of drug-likeness (QED) is 0.109. The van der Waals surface area contributed by atoms with Crippen LogP contribution in [0.1, 0.15) is 46.1 Å². The van der Waals surface area contributed by atoms with Gasteiger partial charge in [0.05, 0.1) is 13.0 Å². The summed E-state index contributed by atoms with van der Waals surface area (Å²) in [5, 5.41) is 11.3. The molecule has 0 fully saturated rings. The largest absolute Gasteiger partial charge is 0.497 e. The second kappa shape index (κ2) is 22.3. The lowest BCUT2D eigenvalue weighted by Gasteiger charge is -2.13. The van der Waals surface area contributed by atoms with E-state index in [0.29, 0.717) is 18.1 Å². The molecule has 2 rings (SSSR count). The second-order valence-electron chi connectivity index (χ2n) is 6.90. The van der Waals surface area contributed by atoms with Gasteiger partial charge in [-0.05, 0) is 56.5 Å². The highest BCUT2D eigenvalue weighted by atomic mass is 33.1. The Bertz CT molecular complexity index is 834. The summed E-state index contributed by atoms with van der Waals surface area (Å²) in [6, 6.07) is 11.7. The van der Waals surface area contributed by atoms with Crippen molar-refractivity contribution >= 4 is 38.3 Å². The van der Waals surface area contributed by atoms with Crippen molar-refractivity contribution in [2.75, 3.05) is 53.0 Å². The maximum absolute atomic E-state index is 12.2. The first-order chi connectivity index (χ1) is 16.7. The fraction of sp³-hybridized carbons (Fsp3) is 0.560. The number of benzene rings is 2. The maximum Gasteiger partial charge on any atom is 0.313 e. The predicted octanol–water partition coefficient (Wildman–Crippen LogP) is 6.32. The van der Waals surface area contributed by atoms with Crippen molar-refractivity contribution in [1.29, 1.82) is 0 Å². The van der Waals surface area contributed by atoms with Crippen molar-refractivity contribution in [2.45, 2.75) is 40.5 Å². The van der Waals surface area contributed by atoms with Crippen LogP contribution >= 0.6 is 21.6 Å². The lowest BCUT2D eigenvalue weighted by Crippen LogP contribution is -2.14. The fourth-order valence-electron chi connectivity index (χ4n) is 2.34. The third kappa shape index (κ3) is 17.0. The summed E-state index contributed by atoms with van der Waals surface area (Å²) < 4.78 is 10.5. The summed E-state index contributed by atoms with van der Waals surface area (Å²) in [4.78, 5) is 28.4. The Morgan fingerprint density at radius 1 is 0.971 bits per heavy atom. The third-order valence-corrected chi connectivity index (χ3v) is 6.12. The van der Waals surface area contributed by atoms with E-state index < -0.39 is 5.09 Å².